The highest BCUT2D eigenvalue weighted by atomic mass is 32.2. The highest BCUT2D eigenvalue weighted by Gasteiger charge is 2.42. The number of fused-ring (bicyclic) bond motifs is 1. The predicted molar refractivity (Wildman–Crippen MR) is 147 cm³/mol. The third-order valence-corrected chi connectivity index (χ3v) is 7.76. The van der Waals surface area contributed by atoms with Gasteiger partial charge in [-0.25, -0.2) is 9.59 Å². The first-order chi connectivity index (χ1) is 18.0. The van der Waals surface area contributed by atoms with Crippen LogP contribution in [-0.2, 0) is 32.1 Å². The molecule has 3 N–H and O–H groups in total. The number of rotatable bonds is 9. The van der Waals surface area contributed by atoms with Crippen LogP contribution in [0.1, 0.15) is 70.4 Å². The van der Waals surface area contributed by atoms with Gasteiger partial charge in [0, 0.05) is 13.0 Å². The number of carbonyl (C=O) groups is 4. The Balaban J connectivity index is 1.90. The van der Waals surface area contributed by atoms with E-state index in [1.807, 2.05) is 30.5 Å². The molecule has 0 spiro atoms. The number of thioether (sulfide) groups is 1. The highest BCUT2D eigenvalue weighted by Crippen LogP contribution is 2.31. The molecule has 1 aromatic rings. The van der Waals surface area contributed by atoms with Gasteiger partial charge in [-0.3, -0.25) is 9.59 Å². The molecule has 1 aliphatic carbocycles. The number of aliphatic carboxylic acids is 1. The van der Waals surface area contributed by atoms with E-state index in [-0.39, 0.29) is 31.2 Å². The lowest BCUT2D eigenvalue weighted by molar-refractivity contribution is -0.147. The van der Waals surface area contributed by atoms with E-state index in [1.54, 1.807) is 20.8 Å². The molecule has 3 atom stereocenters. The smallest absolute Gasteiger partial charge is 0.408 e. The summed E-state index contributed by atoms with van der Waals surface area (Å²) in [6.45, 7) is 5.50. The zero-order valence-corrected chi connectivity index (χ0v) is 23.6. The molecule has 1 aromatic carbocycles. The number of benzene rings is 1. The number of amides is 3. The van der Waals surface area contributed by atoms with Crippen molar-refractivity contribution < 1.29 is 29.0 Å². The van der Waals surface area contributed by atoms with Crippen molar-refractivity contribution in [2.45, 2.75) is 96.0 Å². The molecule has 1 heterocycles. The second-order valence-corrected chi connectivity index (χ2v) is 12.1. The van der Waals surface area contributed by atoms with Gasteiger partial charge in [0.05, 0.1) is 0 Å². The maximum atomic E-state index is 14.2. The molecule has 210 valence electrons. The number of hydrogen-bond donors (Lipinski definition) is 3. The van der Waals surface area contributed by atoms with Gasteiger partial charge >= 0.3 is 12.1 Å². The van der Waals surface area contributed by atoms with Crippen LogP contribution in [0.2, 0.25) is 0 Å². The number of nitrogens with zero attached hydrogens (tertiary/aromatic N) is 1. The molecular formula is C28H41N3O6S. The second kappa shape index (κ2) is 13.4. The average molecular weight is 548 g/mol. The molecule has 9 nitrogen and oxygen atoms in total. The lowest BCUT2D eigenvalue weighted by atomic mass is 9.82. The van der Waals surface area contributed by atoms with Crippen molar-refractivity contribution in [1.82, 2.24) is 15.5 Å². The van der Waals surface area contributed by atoms with Gasteiger partial charge in [-0.15, -0.1) is 0 Å². The van der Waals surface area contributed by atoms with Gasteiger partial charge in [0.1, 0.15) is 23.7 Å². The first-order valence-electron chi connectivity index (χ1n) is 13.4. The molecule has 0 unspecified atom stereocenters. The molecule has 38 heavy (non-hydrogen) atoms. The summed E-state index contributed by atoms with van der Waals surface area (Å²) < 4.78 is 5.48. The predicted octanol–water partition coefficient (Wildman–Crippen LogP) is 3.74. The Morgan fingerprint density at radius 3 is 2.34 bits per heavy atom. The van der Waals surface area contributed by atoms with Crippen LogP contribution in [0.5, 0.6) is 0 Å². The van der Waals surface area contributed by atoms with Crippen LogP contribution in [0.15, 0.2) is 24.3 Å². The fourth-order valence-electron chi connectivity index (χ4n) is 5.21. The minimum atomic E-state index is -1.10. The van der Waals surface area contributed by atoms with E-state index in [9.17, 15) is 24.3 Å². The molecule has 1 aliphatic heterocycles. The van der Waals surface area contributed by atoms with Crippen molar-refractivity contribution in [2.75, 3.05) is 12.0 Å². The summed E-state index contributed by atoms with van der Waals surface area (Å²) >= 11 is 1.50. The van der Waals surface area contributed by atoms with Crippen molar-refractivity contribution in [1.29, 1.82) is 0 Å². The van der Waals surface area contributed by atoms with Crippen molar-refractivity contribution in [2.24, 2.45) is 5.92 Å². The largest absolute Gasteiger partial charge is 0.480 e. The number of carboxylic acids is 1. The first-order valence-corrected chi connectivity index (χ1v) is 14.8. The second-order valence-electron chi connectivity index (χ2n) is 11.2. The van der Waals surface area contributed by atoms with E-state index in [4.69, 9.17) is 4.74 Å². The van der Waals surface area contributed by atoms with Crippen molar-refractivity contribution in [3.8, 4) is 0 Å². The van der Waals surface area contributed by atoms with Crippen molar-refractivity contribution >= 4 is 35.6 Å². The normalized spacial score (nSPS) is 19.6. The van der Waals surface area contributed by atoms with Gasteiger partial charge in [0.15, 0.2) is 0 Å². The van der Waals surface area contributed by atoms with Gasteiger partial charge < -0.3 is 25.4 Å². The average Bonchev–Trinajstić information content (AvgIpc) is 2.87. The summed E-state index contributed by atoms with van der Waals surface area (Å²) in [6.07, 6.45) is 6.37. The number of ether oxygens (including phenoxy) is 1. The number of hydrogen-bond acceptors (Lipinski definition) is 6. The van der Waals surface area contributed by atoms with Crippen LogP contribution in [0.25, 0.3) is 0 Å². The van der Waals surface area contributed by atoms with Crippen molar-refractivity contribution in [3.05, 3.63) is 35.4 Å². The molecule has 10 heteroatoms. The Hall–Kier alpha value is -2.75. The fraction of sp³-hybridized carbons (Fsp3) is 0.643. The molecule has 0 bridgehead atoms. The maximum Gasteiger partial charge on any atom is 0.408 e. The number of alkyl carbamates (subject to hydrolysis) is 1. The molecule has 0 saturated heterocycles. The molecule has 1 fully saturated rings. The third kappa shape index (κ3) is 8.12. The standard InChI is InChI=1S/C28H41N3O6S/c1-28(2,3)37-27(36)30-23(18-10-6-5-7-11-18)25(33)31-17-20-13-9-8-12-19(20)16-22(31)24(32)29-21(26(34)35)14-15-38-4/h8-9,12-13,18,21-23H,5-7,10-11,14-17H2,1-4H3,(H,29,32)(H,30,36)(H,34,35)/t21-,22+,23+/m0/s1. The summed E-state index contributed by atoms with van der Waals surface area (Å²) in [6, 6.07) is 4.87. The number of carboxylic acid groups (broad SMARTS) is 1. The monoisotopic (exact) mass is 547 g/mol. The van der Waals surface area contributed by atoms with E-state index in [2.05, 4.69) is 10.6 Å². The Morgan fingerprint density at radius 1 is 1.08 bits per heavy atom. The summed E-state index contributed by atoms with van der Waals surface area (Å²) in [5, 5.41) is 15.2. The van der Waals surface area contributed by atoms with Gasteiger partial charge in [-0.05, 0) is 69.1 Å². The Kier molecular flexibility index (Phi) is 10.5. The molecule has 3 amide bonds. The minimum absolute atomic E-state index is 0.0713. The zero-order valence-electron chi connectivity index (χ0n) is 22.8. The summed E-state index contributed by atoms with van der Waals surface area (Å²) in [7, 11) is 0. The van der Waals surface area contributed by atoms with Crippen LogP contribution < -0.4 is 10.6 Å². The molecule has 1 saturated carbocycles. The van der Waals surface area contributed by atoms with Gasteiger partial charge in [0.2, 0.25) is 11.8 Å². The Labute approximate surface area is 229 Å². The van der Waals surface area contributed by atoms with Gasteiger partial charge in [-0.2, -0.15) is 11.8 Å². The van der Waals surface area contributed by atoms with Crippen LogP contribution in [0, 0.1) is 5.92 Å². The maximum absolute atomic E-state index is 14.2. The van der Waals surface area contributed by atoms with E-state index in [0.29, 0.717) is 5.75 Å². The molecule has 0 radical (unpaired) electrons. The number of carbonyl (C=O) groups excluding carboxylic acids is 3. The summed E-state index contributed by atoms with van der Waals surface area (Å²) in [4.78, 5) is 53.8. The Bertz CT molecular complexity index is 1000. The molecule has 0 aromatic heterocycles. The third-order valence-electron chi connectivity index (χ3n) is 7.12. The molecule has 2 aliphatic rings. The SMILES string of the molecule is CSCC[C@H](NC(=O)[C@H]1Cc2ccccc2CN1C(=O)[C@H](NC(=O)OC(C)(C)C)C1CCCCC1)C(=O)O. The van der Waals surface area contributed by atoms with E-state index in [0.717, 1.165) is 43.2 Å². The van der Waals surface area contributed by atoms with E-state index >= 15 is 0 Å². The van der Waals surface area contributed by atoms with Crippen molar-refractivity contribution in [3.63, 3.8) is 0 Å². The van der Waals surface area contributed by atoms with Crippen LogP contribution in [0.4, 0.5) is 4.79 Å². The summed E-state index contributed by atoms with van der Waals surface area (Å²) in [5.74, 6) is -1.43. The summed E-state index contributed by atoms with van der Waals surface area (Å²) in [5.41, 5.74) is 1.16. The van der Waals surface area contributed by atoms with E-state index < -0.39 is 41.7 Å². The van der Waals surface area contributed by atoms with Gasteiger partial charge in [-0.1, -0.05) is 43.5 Å². The minimum Gasteiger partial charge on any atom is -0.480 e. The zero-order chi connectivity index (χ0) is 27.9. The topological polar surface area (TPSA) is 125 Å². The molecular weight excluding hydrogens is 506 g/mol. The number of nitrogens with one attached hydrogen (secondary N) is 2. The lowest BCUT2D eigenvalue weighted by Crippen LogP contribution is -2.60. The van der Waals surface area contributed by atoms with Crippen LogP contribution in [0.3, 0.4) is 0 Å². The lowest BCUT2D eigenvalue weighted by Gasteiger charge is -2.40. The van der Waals surface area contributed by atoms with E-state index in [1.165, 1.54) is 16.7 Å². The van der Waals surface area contributed by atoms with Crippen LogP contribution in [-0.4, -0.2) is 69.6 Å². The van der Waals surface area contributed by atoms with Crippen LogP contribution >= 0.6 is 11.8 Å². The Morgan fingerprint density at radius 2 is 1.74 bits per heavy atom. The van der Waals surface area contributed by atoms with Gasteiger partial charge in [0.25, 0.3) is 0 Å². The first kappa shape index (κ1) is 29.8. The highest BCUT2D eigenvalue weighted by molar-refractivity contribution is 7.98. The fourth-order valence-corrected chi connectivity index (χ4v) is 5.68. The molecule has 3 rings (SSSR count). The quantitative estimate of drug-likeness (QED) is 0.430.